The molecule has 8 nitrogen and oxygen atoms in total. The van der Waals surface area contributed by atoms with Gasteiger partial charge < -0.3 is 19.9 Å². The lowest BCUT2D eigenvalue weighted by molar-refractivity contribution is 0.0125. The van der Waals surface area contributed by atoms with Crippen LogP contribution in [-0.2, 0) is 4.74 Å². The monoisotopic (exact) mass is 456 g/mol. The largest absolute Gasteiger partial charge is 0.461 e. The van der Waals surface area contributed by atoms with Crippen molar-refractivity contribution in [2.75, 3.05) is 19.8 Å². The molecule has 2 N–H and O–H groups in total. The number of carbonyl (C=O) groups is 1. The van der Waals surface area contributed by atoms with Gasteiger partial charge in [-0.2, -0.15) is 5.10 Å². The molecular weight excluding hydrogens is 427 g/mol. The average molecular weight is 457 g/mol. The second-order valence-electron chi connectivity index (χ2n) is 8.67. The number of aliphatic hydroxyl groups excluding tert-OH is 1. The Bertz CT molecular complexity index is 1140. The van der Waals surface area contributed by atoms with Crippen LogP contribution in [0.4, 0.5) is 4.39 Å². The van der Waals surface area contributed by atoms with Crippen molar-refractivity contribution in [3.8, 4) is 17.0 Å². The molecule has 3 aromatic rings. The van der Waals surface area contributed by atoms with Gasteiger partial charge in [0.2, 0.25) is 6.36 Å². The van der Waals surface area contributed by atoms with Crippen molar-refractivity contribution in [2.24, 2.45) is 0 Å². The van der Waals surface area contributed by atoms with Gasteiger partial charge in [-0.05, 0) is 44.9 Å². The van der Waals surface area contributed by atoms with E-state index in [0.717, 1.165) is 5.56 Å². The zero-order valence-electron chi connectivity index (χ0n) is 19.0. The van der Waals surface area contributed by atoms with Gasteiger partial charge in [0.05, 0.1) is 23.2 Å². The van der Waals surface area contributed by atoms with E-state index in [-0.39, 0.29) is 18.6 Å². The van der Waals surface area contributed by atoms with Crippen molar-refractivity contribution < 1.29 is 23.8 Å². The van der Waals surface area contributed by atoms with Crippen LogP contribution >= 0.6 is 0 Å². The highest BCUT2D eigenvalue weighted by molar-refractivity contribution is 5.99. The van der Waals surface area contributed by atoms with E-state index in [2.05, 4.69) is 10.3 Å². The van der Waals surface area contributed by atoms with Gasteiger partial charge in [-0.3, -0.25) is 14.5 Å². The molecule has 1 amide bonds. The lowest BCUT2D eigenvalue weighted by Gasteiger charge is -2.36. The number of alkyl halides is 1. The molecule has 1 aliphatic heterocycles. The van der Waals surface area contributed by atoms with Gasteiger partial charge in [0.15, 0.2) is 0 Å². The van der Waals surface area contributed by atoms with E-state index in [1.165, 1.54) is 13.1 Å². The summed E-state index contributed by atoms with van der Waals surface area (Å²) in [5.41, 5.74) is 2.40. The fraction of sp³-hybridized carbons (Fsp3) is 0.458. The smallest absolute Gasteiger partial charge is 0.253 e. The third kappa shape index (κ3) is 4.84. The number of benzene rings is 1. The standard InChI is InChI=1S/C24H29FN4O4/c1-15(2)29-20-12-18(23(31)27-24(14-30)7-9-32-10-8-24)13-26-22(20)21(28-29)17-5-4-6-19(11-17)33-16(3)25/h4-6,11-13,15-16,30H,7-10,14H2,1-3H3,(H,27,31). The maximum Gasteiger partial charge on any atom is 0.253 e. The second-order valence-corrected chi connectivity index (χ2v) is 8.67. The van der Waals surface area contributed by atoms with E-state index in [1.807, 2.05) is 24.6 Å². The van der Waals surface area contributed by atoms with Crippen molar-refractivity contribution in [1.29, 1.82) is 0 Å². The van der Waals surface area contributed by atoms with Crippen LogP contribution < -0.4 is 10.1 Å². The average Bonchev–Trinajstić information content (AvgIpc) is 3.18. The SMILES string of the molecule is CC(F)Oc1cccc(-c2nn(C(C)C)c3cc(C(=O)NC4(CO)CCOCC4)cnc23)c1. The summed E-state index contributed by atoms with van der Waals surface area (Å²) in [4.78, 5) is 17.6. The highest BCUT2D eigenvalue weighted by Crippen LogP contribution is 2.31. The lowest BCUT2D eigenvalue weighted by atomic mass is 9.90. The summed E-state index contributed by atoms with van der Waals surface area (Å²) >= 11 is 0. The van der Waals surface area contributed by atoms with Crippen LogP contribution in [0.25, 0.3) is 22.3 Å². The summed E-state index contributed by atoms with van der Waals surface area (Å²) in [6, 6.07) is 8.83. The fourth-order valence-electron chi connectivity index (χ4n) is 4.03. The van der Waals surface area contributed by atoms with Crippen LogP contribution in [0.1, 0.15) is 50.0 Å². The quantitative estimate of drug-likeness (QED) is 0.563. The highest BCUT2D eigenvalue weighted by Gasteiger charge is 2.34. The maximum atomic E-state index is 13.3. The van der Waals surface area contributed by atoms with Crippen molar-refractivity contribution >= 4 is 16.9 Å². The minimum atomic E-state index is -1.43. The van der Waals surface area contributed by atoms with Gasteiger partial charge in [0.25, 0.3) is 5.91 Å². The van der Waals surface area contributed by atoms with Gasteiger partial charge in [0.1, 0.15) is 17.0 Å². The highest BCUT2D eigenvalue weighted by atomic mass is 19.1. The molecule has 9 heteroatoms. The second kappa shape index (κ2) is 9.44. The zero-order valence-corrected chi connectivity index (χ0v) is 19.0. The van der Waals surface area contributed by atoms with Gasteiger partial charge in [-0.25, -0.2) is 4.39 Å². The summed E-state index contributed by atoms with van der Waals surface area (Å²) in [6.45, 7) is 6.15. The van der Waals surface area contributed by atoms with Crippen LogP contribution in [0.15, 0.2) is 36.5 Å². The van der Waals surface area contributed by atoms with Crippen LogP contribution in [0.2, 0.25) is 0 Å². The Morgan fingerprint density at radius 1 is 1.30 bits per heavy atom. The van der Waals surface area contributed by atoms with Crippen LogP contribution in [0, 0.1) is 0 Å². The van der Waals surface area contributed by atoms with Crippen LogP contribution in [0.3, 0.4) is 0 Å². The number of carbonyl (C=O) groups excluding carboxylic acids is 1. The third-order valence-electron chi connectivity index (χ3n) is 5.83. The fourth-order valence-corrected chi connectivity index (χ4v) is 4.03. The maximum absolute atomic E-state index is 13.3. The number of nitrogens with one attached hydrogen (secondary N) is 1. The van der Waals surface area contributed by atoms with E-state index in [1.54, 1.807) is 24.3 Å². The molecule has 0 saturated carbocycles. The summed E-state index contributed by atoms with van der Waals surface area (Å²) < 4.78 is 25.7. The van der Waals surface area contributed by atoms with Gasteiger partial charge in [0, 0.05) is 37.9 Å². The van der Waals surface area contributed by atoms with Crippen molar-refractivity contribution in [3.63, 3.8) is 0 Å². The summed E-state index contributed by atoms with van der Waals surface area (Å²) in [6.07, 6.45) is 1.19. The lowest BCUT2D eigenvalue weighted by Crippen LogP contribution is -2.54. The molecule has 1 unspecified atom stereocenters. The Morgan fingerprint density at radius 2 is 2.06 bits per heavy atom. The Morgan fingerprint density at radius 3 is 2.73 bits per heavy atom. The van der Waals surface area contributed by atoms with Gasteiger partial charge in [-0.15, -0.1) is 0 Å². The van der Waals surface area contributed by atoms with Gasteiger partial charge in [-0.1, -0.05) is 12.1 Å². The molecule has 1 aromatic carbocycles. The number of halogens is 1. The Labute approximate surface area is 191 Å². The molecule has 0 radical (unpaired) electrons. The normalized spacial score (nSPS) is 16.7. The molecular formula is C24H29FN4O4. The number of rotatable bonds is 7. The molecule has 1 aliphatic rings. The molecule has 2 aromatic heterocycles. The number of hydrogen-bond donors (Lipinski definition) is 2. The zero-order chi connectivity index (χ0) is 23.6. The van der Waals surface area contributed by atoms with Crippen LogP contribution in [0.5, 0.6) is 5.75 Å². The first-order valence-electron chi connectivity index (χ1n) is 11.1. The molecule has 1 saturated heterocycles. The molecule has 3 heterocycles. The van der Waals surface area contributed by atoms with Crippen molar-refractivity contribution in [2.45, 2.75) is 51.6 Å². The number of hydrogen-bond acceptors (Lipinski definition) is 6. The number of aromatic nitrogens is 3. The number of fused-ring (bicyclic) bond motifs is 1. The Kier molecular flexibility index (Phi) is 6.62. The number of nitrogens with zero attached hydrogens (tertiary/aromatic N) is 3. The summed E-state index contributed by atoms with van der Waals surface area (Å²) in [5, 5.41) is 17.6. The topological polar surface area (TPSA) is 98.5 Å². The molecule has 176 valence electrons. The summed E-state index contributed by atoms with van der Waals surface area (Å²) in [7, 11) is 0. The van der Waals surface area contributed by atoms with E-state index in [0.29, 0.717) is 54.1 Å². The molecule has 1 atom stereocenters. The predicted molar refractivity (Wildman–Crippen MR) is 122 cm³/mol. The van der Waals surface area contributed by atoms with Crippen molar-refractivity contribution in [1.82, 2.24) is 20.1 Å². The van der Waals surface area contributed by atoms with E-state index < -0.39 is 11.9 Å². The molecule has 0 spiro atoms. The number of ether oxygens (including phenoxy) is 2. The van der Waals surface area contributed by atoms with Crippen molar-refractivity contribution in [3.05, 3.63) is 42.1 Å². The summed E-state index contributed by atoms with van der Waals surface area (Å²) in [5.74, 6) is 0.0993. The number of pyridine rings is 1. The first kappa shape index (κ1) is 23.1. The molecule has 0 bridgehead atoms. The Balaban J connectivity index is 1.71. The first-order chi connectivity index (χ1) is 15.8. The minimum Gasteiger partial charge on any atom is -0.461 e. The van der Waals surface area contributed by atoms with Crippen LogP contribution in [-0.4, -0.2) is 57.5 Å². The van der Waals surface area contributed by atoms with Gasteiger partial charge >= 0.3 is 0 Å². The molecule has 33 heavy (non-hydrogen) atoms. The predicted octanol–water partition coefficient (Wildman–Crippen LogP) is 3.64. The van der Waals surface area contributed by atoms with E-state index in [9.17, 15) is 14.3 Å². The molecule has 0 aliphatic carbocycles. The number of aliphatic hydroxyl groups is 1. The minimum absolute atomic E-state index is 0.0194. The Hall–Kier alpha value is -3.04. The number of amides is 1. The third-order valence-corrected chi connectivity index (χ3v) is 5.83. The molecule has 4 rings (SSSR count). The van der Waals surface area contributed by atoms with E-state index >= 15 is 0 Å². The van der Waals surface area contributed by atoms with E-state index in [4.69, 9.17) is 14.6 Å². The first-order valence-corrected chi connectivity index (χ1v) is 11.1. The molecule has 1 fully saturated rings.